The summed E-state index contributed by atoms with van der Waals surface area (Å²) in [6, 6.07) is 10.9. The summed E-state index contributed by atoms with van der Waals surface area (Å²) >= 11 is 3.30. The summed E-state index contributed by atoms with van der Waals surface area (Å²) in [6.45, 7) is 1.83. The lowest BCUT2D eigenvalue weighted by atomic mass is 10.2. The SMILES string of the molecule is Cc1cc(Br)c(NS(=O)(=O)c2ccc(C#N)cc2)cc1N. The van der Waals surface area contributed by atoms with Crippen LogP contribution in [-0.4, -0.2) is 8.42 Å². The van der Waals surface area contributed by atoms with Crippen molar-refractivity contribution in [3.05, 3.63) is 52.0 Å². The smallest absolute Gasteiger partial charge is 0.261 e. The average Bonchev–Trinajstić information content (AvgIpc) is 2.44. The second kappa shape index (κ2) is 5.76. The summed E-state index contributed by atoms with van der Waals surface area (Å²) in [5, 5.41) is 8.72. The Hall–Kier alpha value is -2.04. The molecule has 0 aliphatic heterocycles. The molecule has 0 aliphatic carbocycles. The van der Waals surface area contributed by atoms with Gasteiger partial charge in [-0.05, 0) is 64.8 Å². The molecule has 0 amide bonds. The van der Waals surface area contributed by atoms with E-state index in [0.717, 1.165) is 5.56 Å². The molecule has 0 bridgehead atoms. The van der Waals surface area contributed by atoms with Crippen LogP contribution >= 0.6 is 15.9 Å². The van der Waals surface area contributed by atoms with E-state index in [2.05, 4.69) is 20.7 Å². The van der Waals surface area contributed by atoms with E-state index in [9.17, 15) is 8.42 Å². The molecule has 21 heavy (non-hydrogen) atoms. The summed E-state index contributed by atoms with van der Waals surface area (Å²) < 4.78 is 27.7. The minimum absolute atomic E-state index is 0.0764. The number of benzene rings is 2. The largest absolute Gasteiger partial charge is 0.398 e. The summed E-state index contributed by atoms with van der Waals surface area (Å²) in [5.41, 5.74) is 7.90. The van der Waals surface area contributed by atoms with Crippen LogP contribution in [0.4, 0.5) is 11.4 Å². The molecular weight excluding hydrogens is 354 g/mol. The molecule has 0 saturated heterocycles. The van der Waals surface area contributed by atoms with Crippen LogP contribution in [0.25, 0.3) is 0 Å². The number of nitrogen functional groups attached to an aromatic ring is 1. The first-order valence-corrected chi connectivity index (χ1v) is 8.20. The van der Waals surface area contributed by atoms with E-state index in [-0.39, 0.29) is 4.90 Å². The van der Waals surface area contributed by atoms with Crippen LogP contribution in [-0.2, 0) is 10.0 Å². The Kier molecular flexibility index (Phi) is 4.21. The van der Waals surface area contributed by atoms with Gasteiger partial charge in [0.1, 0.15) is 0 Å². The van der Waals surface area contributed by atoms with Gasteiger partial charge < -0.3 is 5.73 Å². The van der Waals surface area contributed by atoms with Crippen molar-refractivity contribution in [2.45, 2.75) is 11.8 Å². The highest BCUT2D eigenvalue weighted by Crippen LogP contribution is 2.29. The molecule has 0 aromatic heterocycles. The maximum absolute atomic E-state index is 12.3. The Morgan fingerprint density at radius 3 is 2.43 bits per heavy atom. The molecule has 5 nitrogen and oxygen atoms in total. The molecule has 7 heteroatoms. The van der Waals surface area contributed by atoms with Crippen molar-refractivity contribution in [1.29, 1.82) is 5.26 Å². The van der Waals surface area contributed by atoms with Crippen molar-refractivity contribution >= 4 is 37.3 Å². The average molecular weight is 366 g/mol. The number of sulfonamides is 1. The molecule has 0 aliphatic rings. The summed E-state index contributed by atoms with van der Waals surface area (Å²) in [4.78, 5) is 0.0764. The van der Waals surface area contributed by atoms with Crippen LogP contribution in [0.15, 0.2) is 45.8 Å². The molecule has 108 valence electrons. The molecule has 0 radical (unpaired) electrons. The third-order valence-corrected chi connectivity index (χ3v) is 4.93. The first-order chi connectivity index (χ1) is 9.83. The minimum Gasteiger partial charge on any atom is -0.398 e. The van der Waals surface area contributed by atoms with Gasteiger partial charge in [0.05, 0.1) is 22.2 Å². The summed E-state index contributed by atoms with van der Waals surface area (Å²) in [5.74, 6) is 0. The number of hydrogen-bond donors (Lipinski definition) is 2. The van der Waals surface area contributed by atoms with Crippen molar-refractivity contribution < 1.29 is 8.42 Å². The Balaban J connectivity index is 2.37. The third-order valence-electron chi connectivity index (χ3n) is 2.89. The van der Waals surface area contributed by atoms with E-state index < -0.39 is 10.0 Å². The topological polar surface area (TPSA) is 96.0 Å². The van der Waals surface area contributed by atoms with Gasteiger partial charge in [-0.25, -0.2) is 8.42 Å². The number of nitrogens with zero attached hydrogens (tertiary/aromatic N) is 1. The van der Waals surface area contributed by atoms with E-state index in [1.807, 2.05) is 13.0 Å². The number of halogens is 1. The Bertz CT molecular complexity index is 825. The van der Waals surface area contributed by atoms with Gasteiger partial charge in [-0.15, -0.1) is 0 Å². The fourth-order valence-electron chi connectivity index (χ4n) is 1.68. The fourth-order valence-corrected chi connectivity index (χ4v) is 3.44. The van der Waals surface area contributed by atoms with Crippen LogP contribution in [0.1, 0.15) is 11.1 Å². The predicted molar refractivity (Wildman–Crippen MR) is 85.3 cm³/mol. The first-order valence-electron chi connectivity index (χ1n) is 5.92. The van der Waals surface area contributed by atoms with Crippen molar-refractivity contribution in [2.75, 3.05) is 10.5 Å². The summed E-state index contributed by atoms with van der Waals surface area (Å²) in [6.07, 6.45) is 0. The third kappa shape index (κ3) is 3.35. The van der Waals surface area contributed by atoms with E-state index >= 15 is 0 Å². The zero-order valence-electron chi connectivity index (χ0n) is 11.1. The van der Waals surface area contributed by atoms with Gasteiger partial charge in [0.25, 0.3) is 10.0 Å². The number of hydrogen-bond acceptors (Lipinski definition) is 4. The van der Waals surface area contributed by atoms with Gasteiger partial charge >= 0.3 is 0 Å². The van der Waals surface area contributed by atoms with Crippen LogP contribution in [0.2, 0.25) is 0 Å². The minimum atomic E-state index is -3.74. The Morgan fingerprint density at radius 2 is 1.86 bits per heavy atom. The molecule has 0 spiro atoms. The van der Waals surface area contributed by atoms with Gasteiger partial charge in [0, 0.05) is 10.2 Å². The maximum atomic E-state index is 12.3. The second-order valence-electron chi connectivity index (χ2n) is 4.43. The highest BCUT2D eigenvalue weighted by molar-refractivity contribution is 9.10. The molecule has 0 unspecified atom stereocenters. The van der Waals surface area contributed by atoms with Crippen LogP contribution in [0.5, 0.6) is 0 Å². The van der Waals surface area contributed by atoms with Gasteiger partial charge in [-0.3, -0.25) is 4.72 Å². The van der Waals surface area contributed by atoms with Crippen molar-refractivity contribution in [2.24, 2.45) is 0 Å². The molecule has 0 heterocycles. The number of rotatable bonds is 3. The molecule has 2 aromatic rings. The molecule has 0 atom stereocenters. The zero-order chi connectivity index (χ0) is 15.6. The lowest BCUT2D eigenvalue weighted by molar-refractivity contribution is 0.601. The van der Waals surface area contributed by atoms with Gasteiger partial charge in [-0.2, -0.15) is 5.26 Å². The Morgan fingerprint density at radius 1 is 1.24 bits per heavy atom. The fraction of sp³-hybridized carbons (Fsp3) is 0.0714. The highest BCUT2D eigenvalue weighted by atomic mass is 79.9. The lowest BCUT2D eigenvalue weighted by Crippen LogP contribution is -2.13. The zero-order valence-corrected chi connectivity index (χ0v) is 13.5. The first kappa shape index (κ1) is 15.4. The number of anilines is 2. The second-order valence-corrected chi connectivity index (χ2v) is 6.97. The molecule has 0 fully saturated rings. The number of nitriles is 1. The molecule has 3 N–H and O–H groups in total. The number of nitrogens with two attached hydrogens (primary N) is 1. The van der Waals surface area contributed by atoms with Crippen LogP contribution in [0.3, 0.4) is 0 Å². The van der Waals surface area contributed by atoms with Gasteiger partial charge in [-0.1, -0.05) is 0 Å². The number of nitrogens with one attached hydrogen (secondary N) is 1. The van der Waals surface area contributed by atoms with E-state index in [1.54, 1.807) is 12.1 Å². The van der Waals surface area contributed by atoms with Crippen LogP contribution < -0.4 is 10.5 Å². The van der Waals surface area contributed by atoms with Crippen molar-refractivity contribution in [1.82, 2.24) is 0 Å². The van der Waals surface area contributed by atoms with Crippen LogP contribution in [0, 0.1) is 18.3 Å². The van der Waals surface area contributed by atoms with E-state index in [0.29, 0.717) is 21.4 Å². The standard InChI is InChI=1S/C14H12BrN3O2S/c1-9-6-12(15)14(7-13(9)17)18-21(19,20)11-4-2-10(8-16)3-5-11/h2-7,18H,17H2,1H3. The monoisotopic (exact) mass is 365 g/mol. The maximum Gasteiger partial charge on any atom is 0.261 e. The Labute approximate surface area is 131 Å². The molecule has 2 rings (SSSR count). The van der Waals surface area contributed by atoms with E-state index in [4.69, 9.17) is 11.0 Å². The predicted octanol–water partition coefficient (Wildman–Crippen LogP) is 3.01. The van der Waals surface area contributed by atoms with Gasteiger partial charge in [0.2, 0.25) is 0 Å². The van der Waals surface area contributed by atoms with E-state index in [1.165, 1.54) is 24.3 Å². The normalized spacial score (nSPS) is 10.9. The quantitative estimate of drug-likeness (QED) is 0.817. The van der Waals surface area contributed by atoms with Gasteiger partial charge in [0.15, 0.2) is 0 Å². The lowest BCUT2D eigenvalue weighted by Gasteiger charge is -2.12. The highest BCUT2D eigenvalue weighted by Gasteiger charge is 2.16. The molecule has 2 aromatic carbocycles. The van der Waals surface area contributed by atoms with Crippen molar-refractivity contribution in [3.63, 3.8) is 0 Å². The van der Waals surface area contributed by atoms with Crippen molar-refractivity contribution in [3.8, 4) is 6.07 Å². The molecular formula is C14H12BrN3O2S. The summed E-state index contributed by atoms with van der Waals surface area (Å²) in [7, 11) is -3.74. The molecule has 0 saturated carbocycles. The number of aryl methyl sites for hydroxylation is 1.